The molecule has 0 spiro atoms. The first-order valence-electron chi connectivity index (χ1n) is 15.3. The summed E-state index contributed by atoms with van der Waals surface area (Å²) in [5, 5.41) is 0. The van der Waals surface area contributed by atoms with Crippen LogP contribution >= 0.6 is 0 Å². The predicted molar refractivity (Wildman–Crippen MR) is 160 cm³/mol. The molecule has 0 fully saturated rings. The zero-order chi connectivity index (χ0) is 28.3. The van der Waals surface area contributed by atoms with Crippen LogP contribution in [0.5, 0.6) is 11.5 Å². The van der Waals surface area contributed by atoms with Crippen molar-refractivity contribution >= 4 is 11.7 Å². The Morgan fingerprint density at radius 2 is 1.82 bits per heavy atom. The van der Waals surface area contributed by atoms with Crippen LogP contribution in [0.1, 0.15) is 117 Å². The maximum absolute atomic E-state index is 12.8. The van der Waals surface area contributed by atoms with Crippen molar-refractivity contribution in [2.75, 3.05) is 19.7 Å². The Balaban J connectivity index is 1.23. The van der Waals surface area contributed by atoms with Crippen molar-refractivity contribution in [3.63, 3.8) is 0 Å². The highest BCUT2D eigenvalue weighted by atomic mass is 16.5. The summed E-state index contributed by atoms with van der Waals surface area (Å²) in [4.78, 5) is 27.0. The first-order valence-corrected chi connectivity index (χ1v) is 15.3. The summed E-state index contributed by atoms with van der Waals surface area (Å²) >= 11 is 0. The van der Waals surface area contributed by atoms with Gasteiger partial charge in [0.15, 0.2) is 5.78 Å². The molecule has 214 valence electrons. The smallest absolute Gasteiger partial charge is 0.255 e. The molecule has 5 nitrogen and oxygen atoms in total. The van der Waals surface area contributed by atoms with Crippen LogP contribution in [-0.4, -0.2) is 41.9 Å². The van der Waals surface area contributed by atoms with E-state index in [0.29, 0.717) is 36.1 Å². The molecular weight excluding hydrogens is 498 g/mol. The lowest BCUT2D eigenvalue weighted by atomic mass is 9.67. The average Bonchev–Trinajstić information content (AvgIpc) is 2.92. The Morgan fingerprint density at radius 3 is 2.62 bits per heavy atom. The lowest BCUT2D eigenvalue weighted by Gasteiger charge is -2.47. The first-order chi connectivity index (χ1) is 19.3. The highest BCUT2D eigenvalue weighted by molar-refractivity contribution is 6.13. The van der Waals surface area contributed by atoms with Gasteiger partial charge in [-0.25, -0.2) is 0 Å². The Bertz CT molecular complexity index is 1280. The summed E-state index contributed by atoms with van der Waals surface area (Å²) in [5.41, 5.74) is 4.89. The van der Waals surface area contributed by atoms with Crippen LogP contribution in [0.25, 0.3) is 0 Å². The van der Waals surface area contributed by atoms with Gasteiger partial charge in [-0.1, -0.05) is 49.6 Å². The van der Waals surface area contributed by atoms with Gasteiger partial charge in [0.25, 0.3) is 5.91 Å². The van der Waals surface area contributed by atoms with E-state index >= 15 is 0 Å². The van der Waals surface area contributed by atoms with Gasteiger partial charge in [-0.15, -0.1) is 0 Å². The molecule has 40 heavy (non-hydrogen) atoms. The maximum atomic E-state index is 12.8. The Kier molecular flexibility index (Phi) is 8.68. The summed E-state index contributed by atoms with van der Waals surface area (Å²) in [6.45, 7) is 10.4. The fourth-order valence-electron chi connectivity index (χ4n) is 6.80. The molecule has 2 unspecified atom stereocenters. The van der Waals surface area contributed by atoms with Crippen LogP contribution in [-0.2, 0) is 6.42 Å². The molecule has 0 aromatic heterocycles. The number of ketones is 1. The highest BCUT2D eigenvalue weighted by Gasteiger charge is 2.46. The number of carbonyl (C=O) groups is 2. The van der Waals surface area contributed by atoms with Gasteiger partial charge < -0.3 is 14.4 Å². The molecule has 2 aliphatic heterocycles. The third kappa shape index (κ3) is 5.99. The fraction of sp³-hybridized carbons (Fsp3) is 0.543. The van der Waals surface area contributed by atoms with Gasteiger partial charge in [-0.05, 0) is 89.5 Å². The van der Waals surface area contributed by atoms with Gasteiger partial charge >= 0.3 is 0 Å². The van der Waals surface area contributed by atoms with E-state index in [1.807, 2.05) is 12.1 Å². The second-order valence-corrected chi connectivity index (χ2v) is 12.5. The zero-order valence-electron chi connectivity index (χ0n) is 24.8. The molecule has 0 bridgehead atoms. The average molecular weight is 544 g/mol. The van der Waals surface area contributed by atoms with Crippen LogP contribution in [0.4, 0.5) is 0 Å². The van der Waals surface area contributed by atoms with Crippen molar-refractivity contribution in [2.45, 2.75) is 97.0 Å². The van der Waals surface area contributed by atoms with Crippen molar-refractivity contribution in [2.24, 2.45) is 5.92 Å². The zero-order valence-corrected chi connectivity index (χ0v) is 24.8. The number of hydrogen-bond acceptors (Lipinski definition) is 4. The van der Waals surface area contributed by atoms with Crippen molar-refractivity contribution < 1.29 is 19.1 Å². The molecule has 2 aromatic carbocycles. The SMILES string of the molecule is CCCCCc1cc(OCCCCCN2CC(=O)c3ccccc3C2=O)c2c(c1)OC(C)(C)C1CC=C(C)CC21. The number of allylic oxidation sites excluding steroid dienone is 2. The largest absolute Gasteiger partial charge is 0.493 e. The number of rotatable bonds is 11. The van der Waals surface area contributed by atoms with Gasteiger partial charge in [-0.3, -0.25) is 9.59 Å². The Labute approximate surface area is 239 Å². The van der Waals surface area contributed by atoms with Crippen molar-refractivity contribution in [1.82, 2.24) is 4.90 Å². The van der Waals surface area contributed by atoms with Gasteiger partial charge in [0.2, 0.25) is 0 Å². The molecular formula is C35H45NO4. The molecule has 3 aliphatic rings. The standard InChI is InChI=1S/C35H45NO4/c1-5-6-8-13-25-21-31(33-28-20-24(2)16-17-29(28)35(3,4)40-32(33)22-25)39-19-12-7-11-18-36-23-30(37)26-14-9-10-15-27(26)34(36)38/h9-10,14-16,21-22,28-29H,5-8,11-13,17-20,23H2,1-4H3. The number of ether oxygens (including phenoxy) is 2. The number of amides is 1. The van der Waals surface area contributed by atoms with Crippen LogP contribution < -0.4 is 9.47 Å². The predicted octanol–water partition coefficient (Wildman–Crippen LogP) is 7.92. The van der Waals surface area contributed by atoms with Crippen molar-refractivity contribution in [3.8, 4) is 11.5 Å². The molecule has 0 saturated heterocycles. The van der Waals surface area contributed by atoms with Gasteiger partial charge in [0.1, 0.15) is 17.1 Å². The summed E-state index contributed by atoms with van der Waals surface area (Å²) < 4.78 is 13.2. The van der Waals surface area contributed by atoms with Crippen molar-refractivity contribution in [1.29, 1.82) is 0 Å². The van der Waals surface area contributed by atoms with E-state index in [-0.39, 0.29) is 23.8 Å². The minimum absolute atomic E-state index is 0.0265. The van der Waals surface area contributed by atoms with E-state index in [9.17, 15) is 9.59 Å². The number of unbranched alkanes of at least 4 members (excludes halogenated alkanes) is 4. The van der Waals surface area contributed by atoms with E-state index in [2.05, 4.69) is 45.9 Å². The Morgan fingerprint density at radius 1 is 1.02 bits per heavy atom. The molecule has 0 saturated carbocycles. The van der Waals surface area contributed by atoms with Crippen molar-refractivity contribution in [3.05, 3.63) is 70.3 Å². The molecule has 5 rings (SSSR count). The molecule has 2 aromatic rings. The lowest BCUT2D eigenvalue weighted by Crippen LogP contribution is -2.45. The van der Waals surface area contributed by atoms with E-state index in [1.54, 1.807) is 17.0 Å². The third-order valence-electron chi connectivity index (χ3n) is 9.03. The normalized spacial score (nSPS) is 21.2. The number of hydrogen-bond donors (Lipinski definition) is 0. The van der Waals surface area contributed by atoms with E-state index in [4.69, 9.17) is 9.47 Å². The topological polar surface area (TPSA) is 55.8 Å². The number of benzene rings is 2. The van der Waals surface area contributed by atoms with Crippen LogP contribution in [0, 0.1) is 5.92 Å². The summed E-state index contributed by atoms with van der Waals surface area (Å²) in [6.07, 6.45) is 11.8. The molecule has 5 heteroatoms. The molecule has 0 radical (unpaired) electrons. The second-order valence-electron chi connectivity index (χ2n) is 12.5. The molecule has 2 heterocycles. The summed E-state index contributed by atoms with van der Waals surface area (Å²) in [5.74, 6) is 2.85. The molecule has 1 amide bonds. The maximum Gasteiger partial charge on any atom is 0.255 e. The number of fused-ring (bicyclic) bond motifs is 4. The number of aryl methyl sites for hydroxylation is 1. The van der Waals surface area contributed by atoms with E-state index < -0.39 is 0 Å². The van der Waals surface area contributed by atoms with E-state index in [1.165, 1.54) is 36.0 Å². The molecule has 1 aliphatic carbocycles. The monoisotopic (exact) mass is 543 g/mol. The van der Waals surface area contributed by atoms with E-state index in [0.717, 1.165) is 50.0 Å². The van der Waals surface area contributed by atoms with Crippen LogP contribution in [0.3, 0.4) is 0 Å². The van der Waals surface area contributed by atoms with Gasteiger partial charge in [-0.2, -0.15) is 0 Å². The lowest BCUT2D eigenvalue weighted by molar-refractivity contribution is 0.00722. The minimum Gasteiger partial charge on any atom is -0.493 e. The summed E-state index contributed by atoms with van der Waals surface area (Å²) in [6, 6.07) is 11.7. The quantitative estimate of drug-likeness (QED) is 0.213. The second kappa shape index (κ2) is 12.2. The Hall–Kier alpha value is -3.08. The first kappa shape index (κ1) is 28.4. The van der Waals surface area contributed by atoms with Crippen LogP contribution in [0.2, 0.25) is 0 Å². The minimum atomic E-state index is -0.206. The highest BCUT2D eigenvalue weighted by Crippen LogP contribution is 2.54. The fourth-order valence-corrected chi connectivity index (χ4v) is 6.80. The molecule has 2 atom stereocenters. The van der Waals surface area contributed by atoms with Gasteiger partial charge in [0.05, 0.1) is 18.7 Å². The number of Topliss-reactive ketones (excluding diaryl/α,β-unsaturated/α-hetero) is 1. The number of carbonyl (C=O) groups excluding carboxylic acids is 2. The van der Waals surface area contributed by atoms with Crippen LogP contribution in [0.15, 0.2) is 48.0 Å². The summed E-state index contributed by atoms with van der Waals surface area (Å²) in [7, 11) is 0. The third-order valence-corrected chi connectivity index (χ3v) is 9.03. The molecule has 0 N–H and O–H groups in total. The number of nitrogens with zero attached hydrogens (tertiary/aromatic N) is 1. The van der Waals surface area contributed by atoms with Gasteiger partial charge in [0, 0.05) is 29.5 Å².